The lowest BCUT2D eigenvalue weighted by molar-refractivity contribution is 0.112. The third kappa shape index (κ3) is 2.16. The van der Waals surface area contributed by atoms with Gasteiger partial charge in [0.2, 0.25) is 0 Å². The molecule has 0 heterocycles. The average molecular weight is 254 g/mol. The van der Waals surface area contributed by atoms with Gasteiger partial charge in [-0.3, -0.25) is 4.79 Å². The standard InChI is InChI=1S/C16H18OSi/c1-4-11-18(2,3)16-10-9-13(12-17)14-7-5-6-8-15(14)16/h4-10,12H,1,11H2,2-3H3. The zero-order valence-corrected chi connectivity index (χ0v) is 11.9. The molecular formula is C16H18OSi. The number of carbonyl (C=O) groups is 1. The van der Waals surface area contributed by atoms with Crippen LogP contribution in [0.15, 0.2) is 49.1 Å². The van der Waals surface area contributed by atoms with E-state index in [0.717, 1.165) is 23.3 Å². The third-order valence-corrected chi connectivity index (χ3v) is 6.67. The normalized spacial score (nSPS) is 11.4. The van der Waals surface area contributed by atoms with Crippen molar-refractivity contribution in [2.75, 3.05) is 0 Å². The van der Waals surface area contributed by atoms with Crippen LogP contribution in [0.2, 0.25) is 19.1 Å². The van der Waals surface area contributed by atoms with Gasteiger partial charge in [-0.15, -0.1) is 6.58 Å². The molecule has 1 nitrogen and oxygen atoms in total. The second-order valence-corrected chi connectivity index (χ2v) is 9.96. The summed E-state index contributed by atoms with van der Waals surface area (Å²) in [6.45, 7) is 8.55. The van der Waals surface area contributed by atoms with Crippen LogP contribution in [0.1, 0.15) is 10.4 Å². The molecule has 2 aromatic rings. The quantitative estimate of drug-likeness (QED) is 0.461. The van der Waals surface area contributed by atoms with Crippen molar-refractivity contribution < 1.29 is 4.79 Å². The van der Waals surface area contributed by atoms with Gasteiger partial charge in [-0.05, 0) is 16.8 Å². The van der Waals surface area contributed by atoms with Crippen molar-refractivity contribution in [1.82, 2.24) is 0 Å². The van der Waals surface area contributed by atoms with E-state index in [1.54, 1.807) is 0 Å². The lowest BCUT2D eigenvalue weighted by atomic mass is 10.1. The fraction of sp³-hybridized carbons (Fsp3) is 0.188. The lowest BCUT2D eigenvalue weighted by Gasteiger charge is -2.23. The maximum atomic E-state index is 11.1. The number of hydrogen-bond donors (Lipinski definition) is 0. The van der Waals surface area contributed by atoms with Crippen molar-refractivity contribution in [3.8, 4) is 0 Å². The molecule has 0 aromatic heterocycles. The molecule has 2 heteroatoms. The van der Waals surface area contributed by atoms with Gasteiger partial charge in [0.15, 0.2) is 6.29 Å². The fourth-order valence-corrected chi connectivity index (χ4v) is 4.91. The van der Waals surface area contributed by atoms with E-state index >= 15 is 0 Å². The first kappa shape index (κ1) is 12.8. The Morgan fingerprint density at radius 1 is 1.11 bits per heavy atom. The molecule has 2 rings (SSSR count). The molecule has 0 radical (unpaired) electrons. The van der Waals surface area contributed by atoms with E-state index in [2.05, 4.69) is 31.8 Å². The molecule has 92 valence electrons. The SMILES string of the molecule is C=CC[Si](C)(C)c1ccc(C=O)c2ccccc12. The van der Waals surface area contributed by atoms with Crippen LogP contribution >= 0.6 is 0 Å². The van der Waals surface area contributed by atoms with Crippen LogP contribution in [0, 0.1) is 0 Å². The van der Waals surface area contributed by atoms with E-state index in [1.807, 2.05) is 30.3 Å². The van der Waals surface area contributed by atoms with E-state index in [0.29, 0.717) is 0 Å². The van der Waals surface area contributed by atoms with Gasteiger partial charge in [0.1, 0.15) is 0 Å². The van der Waals surface area contributed by atoms with Crippen LogP contribution in [0.5, 0.6) is 0 Å². The Balaban J connectivity index is 2.74. The maximum absolute atomic E-state index is 11.1. The average Bonchev–Trinajstić information content (AvgIpc) is 2.37. The summed E-state index contributed by atoms with van der Waals surface area (Å²) in [5.74, 6) is 0. The molecular weight excluding hydrogens is 236 g/mol. The minimum atomic E-state index is -1.51. The smallest absolute Gasteiger partial charge is 0.150 e. The summed E-state index contributed by atoms with van der Waals surface area (Å²) >= 11 is 0. The van der Waals surface area contributed by atoms with Gasteiger partial charge < -0.3 is 0 Å². The van der Waals surface area contributed by atoms with Crippen LogP contribution in [-0.2, 0) is 0 Å². The molecule has 0 spiro atoms. The van der Waals surface area contributed by atoms with Crippen LogP contribution in [0.25, 0.3) is 10.8 Å². The summed E-state index contributed by atoms with van der Waals surface area (Å²) in [6.07, 6.45) is 2.95. The molecule has 0 aliphatic rings. The van der Waals surface area contributed by atoms with Crippen molar-refractivity contribution >= 4 is 30.3 Å². The Labute approximate surface area is 109 Å². The highest BCUT2D eigenvalue weighted by molar-refractivity contribution is 6.91. The topological polar surface area (TPSA) is 17.1 Å². The molecule has 18 heavy (non-hydrogen) atoms. The Morgan fingerprint density at radius 3 is 2.39 bits per heavy atom. The van der Waals surface area contributed by atoms with E-state index in [-0.39, 0.29) is 0 Å². The Bertz CT molecular complexity index is 599. The molecule has 0 unspecified atom stereocenters. The summed E-state index contributed by atoms with van der Waals surface area (Å²) in [4.78, 5) is 11.1. The van der Waals surface area contributed by atoms with Gasteiger partial charge in [0, 0.05) is 5.56 Å². The third-order valence-electron chi connectivity index (χ3n) is 3.47. The van der Waals surface area contributed by atoms with Crippen molar-refractivity contribution in [3.05, 3.63) is 54.6 Å². The summed E-state index contributed by atoms with van der Waals surface area (Å²) < 4.78 is 0. The number of rotatable bonds is 4. The van der Waals surface area contributed by atoms with Gasteiger partial charge in [-0.2, -0.15) is 0 Å². The predicted molar refractivity (Wildman–Crippen MR) is 81.5 cm³/mol. The first-order chi connectivity index (χ1) is 8.60. The number of benzene rings is 2. The van der Waals surface area contributed by atoms with Crippen molar-refractivity contribution in [2.24, 2.45) is 0 Å². The summed E-state index contributed by atoms with van der Waals surface area (Å²) in [7, 11) is -1.51. The van der Waals surface area contributed by atoms with E-state index < -0.39 is 8.07 Å². The highest BCUT2D eigenvalue weighted by Gasteiger charge is 2.24. The van der Waals surface area contributed by atoms with Gasteiger partial charge in [-0.1, -0.05) is 60.8 Å². The molecule has 0 N–H and O–H groups in total. The molecule has 0 amide bonds. The molecule has 2 aromatic carbocycles. The molecule has 0 fully saturated rings. The molecule has 0 bridgehead atoms. The summed E-state index contributed by atoms with van der Waals surface area (Å²) in [6, 6.07) is 13.3. The van der Waals surface area contributed by atoms with Crippen molar-refractivity contribution in [1.29, 1.82) is 0 Å². The molecule has 0 saturated carbocycles. The predicted octanol–water partition coefficient (Wildman–Crippen LogP) is 3.75. The zero-order valence-electron chi connectivity index (χ0n) is 10.9. The van der Waals surface area contributed by atoms with Crippen LogP contribution in [0.4, 0.5) is 0 Å². The second-order valence-electron chi connectivity index (χ2n) is 5.24. The van der Waals surface area contributed by atoms with E-state index in [1.165, 1.54) is 10.6 Å². The van der Waals surface area contributed by atoms with Crippen molar-refractivity contribution in [2.45, 2.75) is 19.1 Å². The number of aldehydes is 1. The second kappa shape index (κ2) is 4.90. The van der Waals surface area contributed by atoms with E-state index in [4.69, 9.17) is 0 Å². The lowest BCUT2D eigenvalue weighted by Crippen LogP contribution is -2.41. The van der Waals surface area contributed by atoms with Crippen LogP contribution in [0.3, 0.4) is 0 Å². The Morgan fingerprint density at radius 2 is 1.78 bits per heavy atom. The fourth-order valence-electron chi connectivity index (χ4n) is 2.49. The molecule has 0 atom stereocenters. The Kier molecular flexibility index (Phi) is 3.48. The highest BCUT2D eigenvalue weighted by Crippen LogP contribution is 2.21. The monoisotopic (exact) mass is 254 g/mol. The van der Waals surface area contributed by atoms with E-state index in [9.17, 15) is 4.79 Å². The van der Waals surface area contributed by atoms with Gasteiger partial charge in [0.05, 0.1) is 8.07 Å². The number of allylic oxidation sites excluding steroid dienone is 1. The van der Waals surface area contributed by atoms with Crippen molar-refractivity contribution in [3.63, 3.8) is 0 Å². The largest absolute Gasteiger partial charge is 0.298 e. The molecule has 0 aliphatic heterocycles. The highest BCUT2D eigenvalue weighted by atomic mass is 28.3. The summed E-state index contributed by atoms with van der Waals surface area (Å²) in [5, 5.41) is 3.69. The Hall–Kier alpha value is -1.67. The number of fused-ring (bicyclic) bond motifs is 1. The van der Waals surface area contributed by atoms with Gasteiger partial charge >= 0.3 is 0 Å². The van der Waals surface area contributed by atoms with Crippen LogP contribution < -0.4 is 5.19 Å². The van der Waals surface area contributed by atoms with Gasteiger partial charge in [-0.25, -0.2) is 0 Å². The van der Waals surface area contributed by atoms with Crippen LogP contribution in [-0.4, -0.2) is 14.4 Å². The zero-order chi connectivity index (χ0) is 13.2. The minimum absolute atomic E-state index is 0.776. The molecule has 0 saturated heterocycles. The number of hydrogen-bond acceptors (Lipinski definition) is 1. The molecule has 0 aliphatic carbocycles. The number of carbonyl (C=O) groups excluding carboxylic acids is 1. The summed E-state index contributed by atoms with van der Waals surface area (Å²) in [5.41, 5.74) is 0.776. The van der Waals surface area contributed by atoms with Gasteiger partial charge in [0.25, 0.3) is 0 Å². The first-order valence-corrected chi connectivity index (χ1v) is 9.39. The first-order valence-electron chi connectivity index (χ1n) is 6.18. The maximum Gasteiger partial charge on any atom is 0.150 e. The minimum Gasteiger partial charge on any atom is -0.298 e.